The highest BCUT2D eigenvalue weighted by molar-refractivity contribution is 8.13. The van der Waals surface area contributed by atoms with Crippen LogP contribution in [0.5, 0.6) is 0 Å². The summed E-state index contributed by atoms with van der Waals surface area (Å²) in [5.41, 5.74) is 5.13. The molecule has 5 rings (SSSR count). The summed E-state index contributed by atoms with van der Waals surface area (Å²) in [6.45, 7) is 4.13. The van der Waals surface area contributed by atoms with Gasteiger partial charge in [0.05, 0.1) is 5.36 Å². The number of hydrazone groups is 1. The molecule has 3 aromatic rings. The number of fused-ring (bicyclic) bond motifs is 2. The van der Waals surface area contributed by atoms with E-state index >= 15 is 0 Å². The van der Waals surface area contributed by atoms with Gasteiger partial charge in [0.2, 0.25) is 0 Å². The van der Waals surface area contributed by atoms with Gasteiger partial charge in [-0.2, -0.15) is 0 Å². The molecule has 31 heavy (non-hydrogen) atoms. The lowest BCUT2D eigenvalue weighted by atomic mass is 10.1. The number of benzene rings is 3. The molecular formula is C25H22N4OS. The maximum absolute atomic E-state index is 13.2. The minimum Gasteiger partial charge on any atom is -0.298 e. The quantitative estimate of drug-likeness (QED) is 0.699. The van der Waals surface area contributed by atoms with Crippen molar-refractivity contribution in [1.29, 1.82) is 0 Å². The second-order valence-electron chi connectivity index (χ2n) is 7.76. The lowest BCUT2D eigenvalue weighted by Crippen LogP contribution is -2.50. The summed E-state index contributed by atoms with van der Waals surface area (Å²) in [4.78, 5) is 18.1. The zero-order valence-electron chi connectivity index (χ0n) is 17.4. The summed E-state index contributed by atoms with van der Waals surface area (Å²) in [6, 6.07) is 24.4. The normalized spacial score (nSPS) is 17.3. The van der Waals surface area contributed by atoms with Gasteiger partial charge < -0.3 is 0 Å². The van der Waals surface area contributed by atoms with Crippen molar-refractivity contribution in [2.24, 2.45) is 10.1 Å². The van der Waals surface area contributed by atoms with E-state index in [4.69, 9.17) is 10.1 Å². The molecule has 3 aromatic carbocycles. The molecule has 5 nitrogen and oxygen atoms in total. The minimum atomic E-state index is -0.383. The van der Waals surface area contributed by atoms with Crippen molar-refractivity contribution < 1.29 is 4.79 Å². The van der Waals surface area contributed by atoms with Crippen LogP contribution in [-0.2, 0) is 10.5 Å². The van der Waals surface area contributed by atoms with E-state index in [0.717, 1.165) is 21.9 Å². The third kappa shape index (κ3) is 3.86. The minimum absolute atomic E-state index is 0.152. The number of carbonyl (C=O) groups excluding carboxylic acids is 1. The zero-order chi connectivity index (χ0) is 21.4. The van der Waals surface area contributed by atoms with E-state index in [0.29, 0.717) is 10.9 Å². The highest BCUT2D eigenvalue weighted by atomic mass is 32.2. The number of amidine groups is 1. The van der Waals surface area contributed by atoms with E-state index in [-0.39, 0.29) is 12.1 Å². The highest BCUT2D eigenvalue weighted by Gasteiger charge is 2.34. The standard InChI is InChI=1S/C25H22N4OS/c1-16-7-11-18(12-8-16)15-31-25-27-24(30)22-20-5-3-4-6-21(20)26-23(29(22)28-25)19-13-9-17(2)10-14-19/h3-14,23H,15H2,1-2H3,(H,27,28,30). The number of aryl methyl sites for hydroxylation is 2. The Balaban J connectivity index is 1.54. The Bertz CT molecular complexity index is 1300. The van der Waals surface area contributed by atoms with Gasteiger partial charge in [-0.15, -0.1) is 5.10 Å². The fourth-order valence-electron chi connectivity index (χ4n) is 3.68. The topological polar surface area (TPSA) is 57.1 Å². The highest BCUT2D eigenvalue weighted by Crippen LogP contribution is 2.31. The zero-order valence-corrected chi connectivity index (χ0v) is 18.2. The van der Waals surface area contributed by atoms with Gasteiger partial charge in [0.1, 0.15) is 5.70 Å². The van der Waals surface area contributed by atoms with Crippen molar-refractivity contribution in [3.8, 4) is 0 Å². The SMILES string of the molecule is Cc1ccc(CSC2=NN3C(=c4ccccc4=NC3c3ccc(C)cc3)C(=O)N2)cc1. The van der Waals surface area contributed by atoms with Crippen LogP contribution in [0.4, 0.5) is 0 Å². The van der Waals surface area contributed by atoms with Gasteiger partial charge in [-0.25, -0.2) is 5.01 Å². The molecule has 0 spiro atoms. The van der Waals surface area contributed by atoms with Crippen LogP contribution < -0.4 is 15.9 Å². The Morgan fingerprint density at radius 1 is 0.935 bits per heavy atom. The summed E-state index contributed by atoms with van der Waals surface area (Å²) >= 11 is 1.52. The van der Waals surface area contributed by atoms with Crippen LogP contribution in [0.1, 0.15) is 28.4 Å². The molecule has 1 N–H and O–H groups in total. The molecule has 1 atom stereocenters. The number of carbonyl (C=O) groups is 1. The summed E-state index contributed by atoms with van der Waals surface area (Å²) in [7, 11) is 0. The number of hydrogen-bond acceptors (Lipinski definition) is 5. The Morgan fingerprint density at radius 2 is 1.61 bits per heavy atom. The largest absolute Gasteiger partial charge is 0.298 e. The van der Waals surface area contributed by atoms with Crippen molar-refractivity contribution in [2.75, 3.05) is 0 Å². The lowest BCUT2D eigenvalue weighted by molar-refractivity contribution is -0.116. The van der Waals surface area contributed by atoms with Crippen molar-refractivity contribution >= 4 is 28.5 Å². The van der Waals surface area contributed by atoms with Crippen LogP contribution in [0.25, 0.3) is 5.70 Å². The molecule has 2 heterocycles. The number of rotatable bonds is 3. The Morgan fingerprint density at radius 3 is 2.35 bits per heavy atom. The molecule has 0 fully saturated rings. The predicted molar refractivity (Wildman–Crippen MR) is 124 cm³/mol. The van der Waals surface area contributed by atoms with Gasteiger partial charge in [-0.05, 0) is 31.0 Å². The summed E-state index contributed by atoms with van der Waals surface area (Å²) in [5, 5.41) is 11.7. The van der Waals surface area contributed by atoms with E-state index in [9.17, 15) is 4.79 Å². The smallest absolute Gasteiger partial charge is 0.276 e. The monoisotopic (exact) mass is 426 g/mol. The van der Waals surface area contributed by atoms with Crippen LogP contribution in [0.2, 0.25) is 0 Å². The first-order chi connectivity index (χ1) is 15.1. The van der Waals surface area contributed by atoms with E-state index in [1.807, 2.05) is 24.3 Å². The van der Waals surface area contributed by atoms with Gasteiger partial charge in [-0.1, -0.05) is 89.6 Å². The second kappa shape index (κ2) is 8.04. The molecule has 154 valence electrons. The molecule has 2 aliphatic rings. The molecule has 0 bridgehead atoms. The summed E-state index contributed by atoms with van der Waals surface area (Å²) < 4.78 is 0. The maximum Gasteiger partial charge on any atom is 0.276 e. The van der Waals surface area contributed by atoms with Gasteiger partial charge >= 0.3 is 0 Å². The van der Waals surface area contributed by atoms with Gasteiger partial charge in [0.15, 0.2) is 11.3 Å². The summed E-state index contributed by atoms with van der Waals surface area (Å²) in [5.74, 6) is 0.576. The molecule has 6 heteroatoms. The first kappa shape index (κ1) is 19.6. The number of para-hydroxylation sites is 1. The lowest BCUT2D eigenvalue weighted by Gasteiger charge is -2.34. The number of nitrogens with zero attached hydrogens (tertiary/aromatic N) is 3. The average Bonchev–Trinajstić information content (AvgIpc) is 2.78. The van der Waals surface area contributed by atoms with E-state index in [1.54, 1.807) is 5.01 Å². The molecule has 0 radical (unpaired) electrons. The Kier molecular flexibility index (Phi) is 5.08. The van der Waals surface area contributed by atoms with Crippen molar-refractivity contribution in [1.82, 2.24) is 10.3 Å². The maximum atomic E-state index is 13.2. The molecule has 0 aromatic heterocycles. The van der Waals surface area contributed by atoms with Gasteiger partial charge in [0.25, 0.3) is 5.91 Å². The number of hydrogen-bond donors (Lipinski definition) is 1. The molecule has 0 saturated carbocycles. The fourth-order valence-corrected chi connectivity index (χ4v) is 4.49. The Labute approximate surface area is 185 Å². The number of amides is 1. The van der Waals surface area contributed by atoms with E-state index in [1.165, 1.54) is 28.5 Å². The first-order valence-corrected chi connectivity index (χ1v) is 11.2. The van der Waals surface area contributed by atoms with Crippen LogP contribution in [0.15, 0.2) is 82.9 Å². The van der Waals surface area contributed by atoms with Crippen LogP contribution >= 0.6 is 11.8 Å². The van der Waals surface area contributed by atoms with Gasteiger partial charge in [0, 0.05) is 11.0 Å². The first-order valence-electron chi connectivity index (χ1n) is 10.2. The molecule has 1 amide bonds. The van der Waals surface area contributed by atoms with Gasteiger partial charge in [-0.3, -0.25) is 15.1 Å². The average molecular weight is 427 g/mol. The molecule has 0 saturated heterocycles. The molecular weight excluding hydrogens is 404 g/mol. The van der Waals surface area contributed by atoms with E-state index in [2.05, 4.69) is 67.7 Å². The Hall–Kier alpha value is -3.38. The van der Waals surface area contributed by atoms with Crippen molar-refractivity contribution in [2.45, 2.75) is 25.8 Å². The third-order valence-corrected chi connectivity index (χ3v) is 6.32. The van der Waals surface area contributed by atoms with Crippen molar-refractivity contribution in [3.05, 3.63) is 106 Å². The van der Waals surface area contributed by atoms with Crippen LogP contribution in [0, 0.1) is 13.8 Å². The van der Waals surface area contributed by atoms with E-state index < -0.39 is 0 Å². The summed E-state index contributed by atoms with van der Waals surface area (Å²) in [6.07, 6.45) is -0.383. The molecule has 1 unspecified atom stereocenters. The van der Waals surface area contributed by atoms with Crippen LogP contribution in [-0.4, -0.2) is 16.1 Å². The predicted octanol–water partition coefficient (Wildman–Crippen LogP) is 3.38. The van der Waals surface area contributed by atoms with Crippen molar-refractivity contribution in [3.63, 3.8) is 0 Å². The third-order valence-electron chi connectivity index (χ3n) is 5.39. The van der Waals surface area contributed by atoms with Crippen LogP contribution in [0.3, 0.4) is 0 Å². The fraction of sp³-hybridized carbons (Fsp3) is 0.160. The number of nitrogens with one attached hydrogen (secondary N) is 1. The second-order valence-corrected chi connectivity index (χ2v) is 8.72. The molecule has 0 aliphatic carbocycles. The molecule has 2 aliphatic heterocycles. The number of thioether (sulfide) groups is 1.